The van der Waals surface area contributed by atoms with Crippen molar-refractivity contribution < 1.29 is 4.43 Å². The molecule has 0 fully saturated rings. The van der Waals surface area contributed by atoms with E-state index in [-0.39, 0.29) is 5.60 Å². The van der Waals surface area contributed by atoms with E-state index in [2.05, 4.69) is 13.8 Å². The van der Waals surface area contributed by atoms with Crippen molar-refractivity contribution in [1.82, 2.24) is 0 Å². The van der Waals surface area contributed by atoms with E-state index >= 15 is 0 Å². The highest BCUT2D eigenvalue weighted by Crippen LogP contribution is 2.25. The summed E-state index contributed by atoms with van der Waals surface area (Å²) in [6.07, 6.45) is 7.18. The Morgan fingerprint density at radius 2 is 1.77 bits per heavy atom. The zero-order valence-electron chi connectivity index (χ0n) is 9.44. The van der Waals surface area contributed by atoms with E-state index < -0.39 is 0 Å². The lowest BCUT2D eigenvalue weighted by atomic mass is 9.91. The van der Waals surface area contributed by atoms with Crippen molar-refractivity contribution in [3.8, 4) is 0 Å². The number of unbranched alkanes of at least 4 members (excludes halogenated alkanes) is 2. The van der Waals surface area contributed by atoms with Gasteiger partial charge in [-0.15, -0.1) is 0 Å². The number of hydrogen-bond acceptors (Lipinski definition) is 2. The maximum Gasteiger partial charge on any atom is 0.146 e. The Hall–Kier alpha value is 0.137. The van der Waals surface area contributed by atoms with Crippen molar-refractivity contribution in [3.05, 3.63) is 0 Å². The van der Waals surface area contributed by atoms with Crippen molar-refractivity contribution in [1.29, 1.82) is 0 Å². The van der Waals surface area contributed by atoms with Gasteiger partial charge in [-0.3, -0.25) is 0 Å². The van der Waals surface area contributed by atoms with Crippen LogP contribution in [0.15, 0.2) is 0 Å². The molecule has 0 rings (SSSR count). The van der Waals surface area contributed by atoms with Gasteiger partial charge in [0.25, 0.3) is 0 Å². The molecule has 2 nitrogen and oxygen atoms in total. The lowest BCUT2D eigenvalue weighted by Gasteiger charge is -2.31. The summed E-state index contributed by atoms with van der Waals surface area (Å²) in [7, 11) is 0.860. The summed E-state index contributed by atoms with van der Waals surface area (Å²) in [6.45, 7) is 5.28. The molecule has 0 aromatic carbocycles. The molecule has 3 heteroatoms. The first kappa shape index (κ1) is 13.1. The van der Waals surface area contributed by atoms with Crippen LogP contribution in [0.2, 0.25) is 0 Å². The summed E-state index contributed by atoms with van der Waals surface area (Å²) in [5, 5.41) is 0. The minimum atomic E-state index is 0.195. The number of rotatable bonds is 8. The monoisotopic (exact) mass is 203 g/mol. The topological polar surface area (TPSA) is 35.2 Å². The smallest absolute Gasteiger partial charge is 0.146 e. The van der Waals surface area contributed by atoms with Crippen LogP contribution in [-0.2, 0) is 4.43 Å². The van der Waals surface area contributed by atoms with Crippen molar-refractivity contribution in [2.75, 3.05) is 6.54 Å². The third-order valence-corrected chi connectivity index (χ3v) is 3.92. The molecule has 0 aromatic rings. The van der Waals surface area contributed by atoms with Gasteiger partial charge in [-0.1, -0.05) is 26.7 Å². The molecule has 0 unspecified atom stereocenters. The van der Waals surface area contributed by atoms with Crippen LogP contribution in [0.4, 0.5) is 0 Å². The van der Waals surface area contributed by atoms with Gasteiger partial charge in [0.2, 0.25) is 0 Å². The normalized spacial score (nSPS) is 12.2. The van der Waals surface area contributed by atoms with E-state index in [9.17, 15) is 0 Å². The molecule has 0 radical (unpaired) electrons. The summed E-state index contributed by atoms with van der Waals surface area (Å²) < 4.78 is 5.72. The van der Waals surface area contributed by atoms with Gasteiger partial charge in [-0.25, -0.2) is 0 Å². The average Bonchev–Trinajstić information content (AvgIpc) is 2.20. The highest BCUT2D eigenvalue weighted by molar-refractivity contribution is 5.98. The molecule has 0 heterocycles. The summed E-state index contributed by atoms with van der Waals surface area (Å²) in [4.78, 5) is 0. The van der Waals surface area contributed by atoms with E-state index in [1.807, 2.05) is 0 Å². The van der Waals surface area contributed by atoms with Crippen LogP contribution >= 0.6 is 0 Å². The van der Waals surface area contributed by atoms with Crippen LogP contribution in [0.5, 0.6) is 0 Å². The molecule has 0 aromatic heterocycles. The van der Waals surface area contributed by atoms with Crippen molar-refractivity contribution >= 4 is 10.5 Å². The summed E-state index contributed by atoms with van der Waals surface area (Å²) in [5.41, 5.74) is 5.65. The molecule has 0 atom stereocenters. The molecule has 13 heavy (non-hydrogen) atoms. The Balaban J connectivity index is 3.68. The SMILES string of the molecule is CCC(CC)(CCCCCN)O[SiH3]. The van der Waals surface area contributed by atoms with Crippen molar-refractivity contribution in [2.24, 2.45) is 5.73 Å². The molecule has 0 spiro atoms. The first-order chi connectivity index (χ1) is 6.24. The molecular weight excluding hydrogens is 178 g/mol. The second kappa shape index (κ2) is 7.53. The molecule has 0 aliphatic rings. The van der Waals surface area contributed by atoms with Crippen LogP contribution in [0.1, 0.15) is 52.4 Å². The van der Waals surface area contributed by atoms with Crippen LogP contribution in [0.25, 0.3) is 0 Å². The maximum atomic E-state index is 5.72. The van der Waals surface area contributed by atoms with Crippen LogP contribution in [0.3, 0.4) is 0 Å². The zero-order valence-corrected chi connectivity index (χ0v) is 11.4. The standard InChI is InChI=1S/C10H25NOSi/c1-3-10(4-2,12-13)8-6-5-7-9-11/h3-9,11H2,1-2,13H3. The fourth-order valence-electron chi connectivity index (χ4n) is 1.76. The molecule has 0 saturated heterocycles. The van der Waals surface area contributed by atoms with Gasteiger partial charge in [0.05, 0.1) is 5.60 Å². The summed E-state index contributed by atoms with van der Waals surface area (Å²) in [6, 6.07) is 0. The lowest BCUT2D eigenvalue weighted by molar-refractivity contribution is 0.0584. The highest BCUT2D eigenvalue weighted by Gasteiger charge is 2.23. The van der Waals surface area contributed by atoms with Gasteiger partial charge < -0.3 is 10.2 Å². The van der Waals surface area contributed by atoms with E-state index in [0.29, 0.717) is 0 Å². The fraction of sp³-hybridized carbons (Fsp3) is 1.00. The summed E-state index contributed by atoms with van der Waals surface area (Å²) in [5.74, 6) is 0. The minimum absolute atomic E-state index is 0.195. The molecule has 0 amide bonds. The van der Waals surface area contributed by atoms with Crippen LogP contribution in [-0.4, -0.2) is 22.6 Å². The Bertz CT molecular complexity index is 107. The van der Waals surface area contributed by atoms with E-state index in [0.717, 1.165) is 36.3 Å². The Morgan fingerprint density at radius 3 is 2.15 bits per heavy atom. The van der Waals surface area contributed by atoms with Gasteiger partial charge in [0, 0.05) is 0 Å². The first-order valence-electron chi connectivity index (χ1n) is 5.50. The lowest BCUT2D eigenvalue weighted by Crippen LogP contribution is -2.30. The van der Waals surface area contributed by atoms with Crippen LogP contribution in [0, 0.1) is 0 Å². The molecule has 0 aliphatic heterocycles. The molecule has 0 aliphatic carbocycles. The summed E-state index contributed by atoms with van der Waals surface area (Å²) >= 11 is 0. The minimum Gasteiger partial charge on any atom is -0.422 e. The van der Waals surface area contributed by atoms with E-state index in [1.54, 1.807) is 0 Å². The number of hydrogen-bond donors (Lipinski definition) is 1. The Morgan fingerprint density at radius 1 is 1.15 bits per heavy atom. The number of nitrogens with two attached hydrogens (primary N) is 1. The largest absolute Gasteiger partial charge is 0.422 e. The third-order valence-electron chi connectivity index (χ3n) is 3.06. The molecule has 80 valence electrons. The molecule has 0 bridgehead atoms. The van der Waals surface area contributed by atoms with Gasteiger partial charge in [0.1, 0.15) is 10.5 Å². The Labute approximate surface area is 85.8 Å². The van der Waals surface area contributed by atoms with E-state index in [1.165, 1.54) is 19.3 Å². The second-order valence-electron chi connectivity index (χ2n) is 3.69. The highest BCUT2D eigenvalue weighted by atomic mass is 28.2. The second-order valence-corrected chi connectivity index (χ2v) is 4.10. The molecule has 0 saturated carbocycles. The predicted octanol–water partition coefficient (Wildman–Crippen LogP) is 1.36. The van der Waals surface area contributed by atoms with E-state index in [4.69, 9.17) is 10.2 Å². The zero-order chi connectivity index (χ0) is 10.2. The van der Waals surface area contributed by atoms with Crippen molar-refractivity contribution in [3.63, 3.8) is 0 Å². The van der Waals surface area contributed by atoms with Crippen molar-refractivity contribution in [2.45, 2.75) is 58.0 Å². The molecule has 2 N–H and O–H groups in total. The Kier molecular flexibility index (Phi) is 7.61. The maximum absolute atomic E-state index is 5.72. The van der Waals surface area contributed by atoms with Gasteiger partial charge in [-0.05, 0) is 32.2 Å². The van der Waals surface area contributed by atoms with Gasteiger partial charge in [0.15, 0.2) is 0 Å². The average molecular weight is 203 g/mol. The predicted molar refractivity (Wildman–Crippen MR) is 61.9 cm³/mol. The van der Waals surface area contributed by atoms with Crippen LogP contribution < -0.4 is 5.73 Å². The first-order valence-corrected chi connectivity index (χ1v) is 6.31. The fourth-order valence-corrected chi connectivity index (χ4v) is 2.54. The van der Waals surface area contributed by atoms with Gasteiger partial charge in [-0.2, -0.15) is 0 Å². The van der Waals surface area contributed by atoms with Gasteiger partial charge >= 0.3 is 0 Å². The third kappa shape index (κ3) is 4.79. The molecular formula is C10H25NOSi. The quantitative estimate of drug-likeness (QED) is 0.477.